The third-order valence-corrected chi connectivity index (χ3v) is 9.05. The molecule has 0 spiro atoms. The number of carbonyl (C=O) groups excluding carboxylic acids is 4. The average molecular weight is 630 g/mol. The molecule has 0 bridgehead atoms. The van der Waals surface area contributed by atoms with E-state index in [-0.39, 0.29) is 36.6 Å². The van der Waals surface area contributed by atoms with Crippen molar-refractivity contribution in [3.05, 3.63) is 114 Å². The van der Waals surface area contributed by atoms with E-state index in [1.807, 2.05) is 79.5 Å². The lowest BCUT2D eigenvalue weighted by atomic mass is 9.95. The van der Waals surface area contributed by atoms with Gasteiger partial charge in [-0.3, -0.25) is 24.1 Å². The molecule has 2 aliphatic heterocycles. The van der Waals surface area contributed by atoms with Crippen molar-refractivity contribution in [3.63, 3.8) is 0 Å². The van der Waals surface area contributed by atoms with Crippen molar-refractivity contribution in [1.82, 2.24) is 9.80 Å². The monoisotopic (exact) mass is 629 g/mol. The van der Waals surface area contributed by atoms with Gasteiger partial charge < -0.3 is 20.0 Å². The van der Waals surface area contributed by atoms with Crippen LogP contribution in [-0.2, 0) is 9.59 Å². The molecule has 0 aromatic heterocycles. The van der Waals surface area contributed by atoms with Gasteiger partial charge in [-0.05, 0) is 80.1 Å². The van der Waals surface area contributed by atoms with Gasteiger partial charge in [0.25, 0.3) is 11.8 Å². The van der Waals surface area contributed by atoms with Crippen molar-refractivity contribution in [3.8, 4) is 11.1 Å². The van der Waals surface area contributed by atoms with Gasteiger partial charge in [0.1, 0.15) is 6.04 Å². The zero-order valence-corrected chi connectivity index (χ0v) is 27.0. The van der Waals surface area contributed by atoms with E-state index >= 15 is 0 Å². The Labute approximate surface area is 275 Å². The number of anilines is 3. The molecule has 0 radical (unpaired) electrons. The molecule has 1 saturated heterocycles. The number of nitrogens with one attached hydrogen (secondary N) is 1. The lowest BCUT2D eigenvalue weighted by molar-refractivity contribution is -0.135. The predicted octanol–water partition coefficient (Wildman–Crippen LogP) is 5.46. The summed E-state index contributed by atoms with van der Waals surface area (Å²) in [7, 11) is 2.03. The summed E-state index contributed by atoms with van der Waals surface area (Å²) in [5, 5.41) is 2.97. The maximum Gasteiger partial charge on any atom is 0.258 e. The third-order valence-electron chi connectivity index (χ3n) is 9.05. The minimum absolute atomic E-state index is 0.0786. The van der Waals surface area contributed by atoms with E-state index in [9.17, 15) is 19.2 Å². The molecule has 0 saturated carbocycles. The van der Waals surface area contributed by atoms with Crippen molar-refractivity contribution in [1.29, 1.82) is 0 Å². The first-order chi connectivity index (χ1) is 22.7. The highest BCUT2D eigenvalue weighted by Crippen LogP contribution is 2.35. The fourth-order valence-corrected chi connectivity index (χ4v) is 6.36. The van der Waals surface area contributed by atoms with Crippen LogP contribution in [0, 0.1) is 6.92 Å². The van der Waals surface area contributed by atoms with Gasteiger partial charge in [0, 0.05) is 56.0 Å². The van der Waals surface area contributed by atoms with E-state index in [1.165, 1.54) is 0 Å². The van der Waals surface area contributed by atoms with Crippen LogP contribution in [0.15, 0.2) is 97.1 Å². The topological polar surface area (TPSA) is 93.3 Å². The molecule has 1 unspecified atom stereocenters. The number of piperazine rings is 1. The second-order valence-electron chi connectivity index (χ2n) is 12.2. The first kappa shape index (κ1) is 31.7. The van der Waals surface area contributed by atoms with E-state index in [2.05, 4.69) is 10.2 Å². The maximum absolute atomic E-state index is 13.9. The molecular weight excluding hydrogens is 590 g/mol. The fourth-order valence-electron chi connectivity index (χ4n) is 6.36. The number of likely N-dealkylation sites (N-methyl/N-ethyl adjacent to an activating group) is 1. The Kier molecular flexibility index (Phi) is 9.17. The summed E-state index contributed by atoms with van der Waals surface area (Å²) in [5.41, 5.74) is 5.55. The maximum atomic E-state index is 13.9. The molecule has 240 valence electrons. The van der Waals surface area contributed by atoms with Gasteiger partial charge in [-0.1, -0.05) is 54.6 Å². The Balaban J connectivity index is 1.20. The van der Waals surface area contributed by atoms with Crippen molar-refractivity contribution < 1.29 is 19.2 Å². The van der Waals surface area contributed by atoms with Crippen LogP contribution < -0.4 is 15.1 Å². The summed E-state index contributed by atoms with van der Waals surface area (Å²) in [6.45, 7) is 6.76. The standard InChI is InChI=1S/C38H39N5O4/c1-26-10-4-5-11-30(26)31-12-6-7-13-32(31)36(45)39-29-18-16-28(17-19-29)38(47)42-21-20-35(44)43(34-15-9-8-14-33(34)42)27(2)37(46)41-24-22-40(3)23-25-41/h4-19,27H,20-25H2,1-3H3,(H,39,45). The molecule has 1 atom stereocenters. The SMILES string of the molecule is Cc1ccccc1-c1ccccc1C(=O)Nc1ccc(C(=O)N2CCC(=O)N(C(C)C(=O)N3CCN(C)CC3)c3ccccc32)cc1. The zero-order chi connectivity index (χ0) is 33.1. The molecular formula is C38H39N5O4. The number of hydrogen-bond acceptors (Lipinski definition) is 5. The number of carbonyl (C=O) groups is 4. The Morgan fingerprint density at radius 2 is 1.34 bits per heavy atom. The number of hydrogen-bond donors (Lipinski definition) is 1. The Hall–Kier alpha value is -5.28. The van der Waals surface area contributed by atoms with Crippen molar-refractivity contribution >= 4 is 40.7 Å². The van der Waals surface area contributed by atoms with Crippen LogP contribution in [0.2, 0.25) is 0 Å². The van der Waals surface area contributed by atoms with Gasteiger partial charge in [0.2, 0.25) is 11.8 Å². The van der Waals surface area contributed by atoms with Gasteiger partial charge in [0.05, 0.1) is 11.4 Å². The van der Waals surface area contributed by atoms with Crippen molar-refractivity contribution in [2.75, 3.05) is 54.9 Å². The minimum Gasteiger partial charge on any atom is -0.338 e. The normalized spacial score (nSPS) is 15.9. The molecule has 4 amide bonds. The lowest BCUT2D eigenvalue weighted by Gasteiger charge is -2.37. The summed E-state index contributed by atoms with van der Waals surface area (Å²) in [6.07, 6.45) is 0.0786. The smallest absolute Gasteiger partial charge is 0.258 e. The number of para-hydroxylation sites is 2. The van der Waals surface area contributed by atoms with Crippen LogP contribution in [0.3, 0.4) is 0 Å². The molecule has 9 nitrogen and oxygen atoms in total. The summed E-state index contributed by atoms with van der Waals surface area (Å²) in [4.78, 5) is 61.5. The number of benzene rings is 4. The Morgan fingerprint density at radius 1 is 0.723 bits per heavy atom. The van der Waals surface area contributed by atoms with Crippen LogP contribution in [-0.4, -0.2) is 79.2 Å². The Morgan fingerprint density at radius 3 is 2.04 bits per heavy atom. The number of aryl methyl sites for hydroxylation is 1. The van der Waals surface area contributed by atoms with Gasteiger partial charge in [-0.25, -0.2) is 0 Å². The summed E-state index contributed by atoms with van der Waals surface area (Å²) in [6, 6.07) is 28.8. The van der Waals surface area contributed by atoms with Crippen LogP contribution in [0.1, 0.15) is 39.6 Å². The van der Waals surface area contributed by atoms with E-state index in [0.29, 0.717) is 41.3 Å². The number of nitrogens with zero attached hydrogens (tertiary/aromatic N) is 4. The highest BCUT2D eigenvalue weighted by Gasteiger charge is 2.36. The first-order valence-corrected chi connectivity index (χ1v) is 16.0. The summed E-state index contributed by atoms with van der Waals surface area (Å²) in [5.74, 6) is -0.817. The van der Waals surface area contributed by atoms with Crippen LogP contribution in [0.5, 0.6) is 0 Å². The second-order valence-corrected chi connectivity index (χ2v) is 12.2. The van der Waals surface area contributed by atoms with E-state index < -0.39 is 6.04 Å². The van der Waals surface area contributed by atoms with E-state index in [4.69, 9.17) is 0 Å². The Bertz CT molecular complexity index is 1810. The fraction of sp³-hybridized carbons (Fsp3) is 0.263. The predicted molar refractivity (Wildman–Crippen MR) is 185 cm³/mol. The molecule has 47 heavy (non-hydrogen) atoms. The molecule has 6 rings (SSSR count). The van der Waals surface area contributed by atoms with E-state index in [1.54, 1.807) is 53.1 Å². The highest BCUT2D eigenvalue weighted by molar-refractivity contribution is 6.13. The minimum atomic E-state index is -0.707. The van der Waals surface area contributed by atoms with Gasteiger partial charge in [-0.15, -0.1) is 0 Å². The third kappa shape index (κ3) is 6.53. The van der Waals surface area contributed by atoms with Crippen LogP contribution >= 0.6 is 0 Å². The molecule has 0 aliphatic carbocycles. The summed E-state index contributed by atoms with van der Waals surface area (Å²) < 4.78 is 0. The molecule has 1 N–H and O–H groups in total. The second kappa shape index (κ2) is 13.6. The van der Waals surface area contributed by atoms with Gasteiger partial charge in [0.15, 0.2) is 0 Å². The van der Waals surface area contributed by atoms with Crippen LogP contribution in [0.25, 0.3) is 11.1 Å². The highest BCUT2D eigenvalue weighted by atomic mass is 16.2. The van der Waals surface area contributed by atoms with E-state index in [0.717, 1.165) is 29.8 Å². The van der Waals surface area contributed by atoms with Gasteiger partial charge >= 0.3 is 0 Å². The van der Waals surface area contributed by atoms with Crippen LogP contribution in [0.4, 0.5) is 17.1 Å². The molecule has 9 heteroatoms. The number of amides is 4. The molecule has 2 heterocycles. The first-order valence-electron chi connectivity index (χ1n) is 16.0. The number of fused-ring (bicyclic) bond motifs is 1. The van der Waals surface area contributed by atoms with Gasteiger partial charge in [-0.2, -0.15) is 0 Å². The lowest BCUT2D eigenvalue weighted by Crippen LogP contribution is -2.54. The van der Waals surface area contributed by atoms with Crippen molar-refractivity contribution in [2.45, 2.75) is 26.3 Å². The molecule has 4 aromatic rings. The average Bonchev–Trinajstić information content (AvgIpc) is 3.24. The van der Waals surface area contributed by atoms with Crippen molar-refractivity contribution in [2.24, 2.45) is 0 Å². The number of rotatable bonds is 6. The summed E-state index contributed by atoms with van der Waals surface area (Å²) >= 11 is 0. The zero-order valence-electron chi connectivity index (χ0n) is 27.0. The quantitative estimate of drug-likeness (QED) is 0.306. The molecule has 1 fully saturated rings. The molecule has 4 aromatic carbocycles. The largest absolute Gasteiger partial charge is 0.338 e. The molecule has 2 aliphatic rings.